The molecule has 0 N–H and O–H groups in total. The molecular weight excluding hydrogens is 356 g/mol. The maximum atomic E-state index is 5.64. The van der Waals surface area contributed by atoms with Crippen molar-refractivity contribution in [3.8, 4) is 0 Å². The van der Waals surface area contributed by atoms with Crippen LogP contribution < -0.4 is 0 Å². The minimum atomic E-state index is 0.163. The molecule has 1 aromatic rings. The molecule has 1 aliphatic heterocycles. The van der Waals surface area contributed by atoms with Crippen LogP contribution in [0.5, 0.6) is 0 Å². The number of benzene rings is 1. The lowest BCUT2D eigenvalue weighted by Gasteiger charge is -2.37. The monoisotopic (exact) mass is 380 g/mol. The lowest BCUT2D eigenvalue weighted by Crippen LogP contribution is -2.44. The van der Waals surface area contributed by atoms with Crippen LogP contribution >= 0.6 is 15.9 Å². The maximum absolute atomic E-state index is 5.64. The molecule has 1 aromatic carbocycles. The molecule has 0 amide bonds. The first-order valence-electron chi connectivity index (χ1n) is 8.05. The molecule has 1 heterocycles. The smallest absolute Gasteiger partial charge is 0.256 e. The van der Waals surface area contributed by atoms with Crippen LogP contribution in [0.25, 0.3) is 0 Å². The second-order valence-electron chi connectivity index (χ2n) is 5.43. The van der Waals surface area contributed by atoms with Crippen molar-refractivity contribution in [1.29, 1.82) is 0 Å². The Morgan fingerprint density at radius 3 is 2.35 bits per heavy atom. The van der Waals surface area contributed by atoms with Gasteiger partial charge in [0.2, 0.25) is 0 Å². The summed E-state index contributed by atoms with van der Waals surface area (Å²) in [6.45, 7) is 5.18. The standard InChI is InChI=1S/C18H25BrN2O2/c1-5-16-20-18(23-4)17(22-3)15(21(16)6-2)12-9-13-7-10-14(19)11-8-13/h7-8,10-11,15H,5-6,9,12H2,1-4H3. The van der Waals surface area contributed by atoms with Crippen LogP contribution in [-0.2, 0) is 15.9 Å². The van der Waals surface area contributed by atoms with Crippen LogP contribution in [0.1, 0.15) is 32.3 Å². The lowest BCUT2D eigenvalue weighted by atomic mass is 10.0. The fourth-order valence-electron chi connectivity index (χ4n) is 3.00. The summed E-state index contributed by atoms with van der Waals surface area (Å²) in [6.07, 6.45) is 2.83. The van der Waals surface area contributed by atoms with E-state index >= 15 is 0 Å². The van der Waals surface area contributed by atoms with Gasteiger partial charge in [-0.15, -0.1) is 0 Å². The van der Waals surface area contributed by atoms with Gasteiger partial charge in [-0.25, -0.2) is 0 Å². The number of aryl methyl sites for hydroxylation is 1. The van der Waals surface area contributed by atoms with Crippen molar-refractivity contribution in [3.63, 3.8) is 0 Å². The van der Waals surface area contributed by atoms with Gasteiger partial charge in [0.15, 0.2) is 5.76 Å². The Hall–Kier alpha value is -1.49. The van der Waals surface area contributed by atoms with Crippen molar-refractivity contribution in [1.82, 2.24) is 4.90 Å². The minimum absolute atomic E-state index is 0.163. The van der Waals surface area contributed by atoms with Gasteiger partial charge in [0.05, 0.1) is 20.3 Å². The number of likely N-dealkylation sites (N-methyl/N-ethyl adjacent to an activating group) is 1. The quantitative estimate of drug-likeness (QED) is 0.704. The molecule has 0 saturated carbocycles. The van der Waals surface area contributed by atoms with E-state index in [4.69, 9.17) is 9.47 Å². The summed E-state index contributed by atoms with van der Waals surface area (Å²) >= 11 is 3.48. The number of aliphatic imine (C=N–C) groups is 1. The second-order valence-corrected chi connectivity index (χ2v) is 6.34. The summed E-state index contributed by atoms with van der Waals surface area (Å²) in [5.41, 5.74) is 1.32. The largest absolute Gasteiger partial charge is 0.493 e. The zero-order valence-corrected chi connectivity index (χ0v) is 15.9. The van der Waals surface area contributed by atoms with Crippen LogP contribution in [-0.4, -0.2) is 37.5 Å². The average Bonchev–Trinajstić information content (AvgIpc) is 2.59. The van der Waals surface area contributed by atoms with E-state index in [1.807, 2.05) is 0 Å². The highest BCUT2D eigenvalue weighted by molar-refractivity contribution is 9.10. The van der Waals surface area contributed by atoms with Crippen molar-refractivity contribution in [2.45, 2.75) is 39.2 Å². The summed E-state index contributed by atoms with van der Waals surface area (Å²) in [4.78, 5) is 6.93. The third-order valence-electron chi connectivity index (χ3n) is 4.14. The molecule has 1 atom stereocenters. The highest BCUT2D eigenvalue weighted by Crippen LogP contribution is 2.28. The van der Waals surface area contributed by atoms with Gasteiger partial charge in [0.25, 0.3) is 5.88 Å². The van der Waals surface area contributed by atoms with E-state index in [1.165, 1.54) is 5.56 Å². The van der Waals surface area contributed by atoms with Gasteiger partial charge in [-0.2, -0.15) is 4.99 Å². The summed E-state index contributed by atoms with van der Waals surface area (Å²) in [5.74, 6) is 2.49. The molecule has 0 fully saturated rings. The first-order valence-corrected chi connectivity index (χ1v) is 8.84. The number of amidine groups is 1. The number of nitrogens with zero attached hydrogens (tertiary/aromatic N) is 2. The van der Waals surface area contributed by atoms with Crippen LogP contribution in [0.15, 0.2) is 45.4 Å². The van der Waals surface area contributed by atoms with Crippen molar-refractivity contribution in [2.75, 3.05) is 20.8 Å². The summed E-state index contributed by atoms with van der Waals surface area (Å²) < 4.78 is 12.2. The molecular formula is C18H25BrN2O2. The Balaban J connectivity index is 2.23. The summed E-state index contributed by atoms with van der Waals surface area (Å²) in [7, 11) is 3.35. The molecule has 23 heavy (non-hydrogen) atoms. The van der Waals surface area contributed by atoms with Gasteiger partial charge in [-0.05, 0) is 37.5 Å². The third kappa shape index (κ3) is 4.08. The third-order valence-corrected chi connectivity index (χ3v) is 4.67. The Morgan fingerprint density at radius 1 is 1.13 bits per heavy atom. The van der Waals surface area contributed by atoms with Crippen molar-refractivity contribution < 1.29 is 9.47 Å². The number of hydrogen-bond acceptors (Lipinski definition) is 4. The number of methoxy groups -OCH3 is 2. The van der Waals surface area contributed by atoms with Crippen LogP contribution in [0, 0.1) is 0 Å². The SMILES string of the molecule is CCC1=NC(OC)=C(OC)C(CCc2ccc(Br)cc2)N1CC. The Kier molecular flexibility index (Phi) is 6.51. The Labute approximate surface area is 147 Å². The molecule has 126 valence electrons. The molecule has 2 rings (SSSR count). The average molecular weight is 381 g/mol. The molecule has 0 bridgehead atoms. The molecule has 1 unspecified atom stereocenters. The van der Waals surface area contributed by atoms with Crippen molar-refractivity contribution in [3.05, 3.63) is 45.9 Å². The fourth-order valence-corrected chi connectivity index (χ4v) is 3.26. The van der Waals surface area contributed by atoms with Crippen LogP contribution in [0.2, 0.25) is 0 Å². The van der Waals surface area contributed by atoms with Gasteiger partial charge >= 0.3 is 0 Å². The molecule has 5 heteroatoms. The second kappa shape index (κ2) is 8.39. The predicted molar refractivity (Wildman–Crippen MR) is 97.4 cm³/mol. The fraction of sp³-hybridized carbons (Fsp3) is 0.500. The van der Waals surface area contributed by atoms with Gasteiger partial charge in [-0.3, -0.25) is 0 Å². The van der Waals surface area contributed by atoms with E-state index in [-0.39, 0.29) is 6.04 Å². The number of ether oxygens (including phenoxy) is 2. The van der Waals surface area contributed by atoms with Gasteiger partial charge < -0.3 is 14.4 Å². The highest BCUT2D eigenvalue weighted by Gasteiger charge is 2.32. The first kappa shape index (κ1) is 17.9. The highest BCUT2D eigenvalue weighted by atomic mass is 79.9. The van der Waals surface area contributed by atoms with Crippen molar-refractivity contribution >= 4 is 21.8 Å². The van der Waals surface area contributed by atoms with Crippen molar-refractivity contribution in [2.24, 2.45) is 4.99 Å². The van der Waals surface area contributed by atoms with E-state index in [0.717, 1.165) is 41.9 Å². The van der Waals surface area contributed by atoms with Gasteiger partial charge in [0, 0.05) is 17.4 Å². The normalized spacial score (nSPS) is 18.0. The van der Waals surface area contributed by atoms with E-state index < -0.39 is 0 Å². The minimum Gasteiger partial charge on any atom is -0.493 e. The summed E-state index contributed by atoms with van der Waals surface area (Å²) in [5, 5.41) is 0. The predicted octanol–water partition coefficient (Wildman–Crippen LogP) is 4.36. The number of rotatable bonds is 7. The molecule has 0 radical (unpaired) electrons. The van der Waals surface area contributed by atoms with Crippen LogP contribution in [0.4, 0.5) is 0 Å². The summed E-state index contributed by atoms with van der Waals surface area (Å²) in [6, 6.07) is 8.65. The Morgan fingerprint density at radius 2 is 1.83 bits per heavy atom. The molecule has 1 aliphatic rings. The lowest BCUT2D eigenvalue weighted by molar-refractivity contribution is 0.151. The molecule has 0 saturated heterocycles. The van der Waals surface area contributed by atoms with Gasteiger partial charge in [-0.1, -0.05) is 35.0 Å². The number of halogens is 1. The van der Waals surface area contributed by atoms with Crippen LogP contribution in [0.3, 0.4) is 0 Å². The maximum Gasteiger partial charge on any atom is 0.256 e. The Bertz CT molecular complexity index is 581. The van der Waals surface area contributed by atoms with E-state index in [0.29, 0.717) is 5.88 Å². The van der Waals surface area contributed by atoms with Gasteiger partial charge in [0.1, 0.15) is 5.84 Å². The molecule has 0 aromatic heterocycles. The van der Waals surface area contributed by atoms with E-state index in [1.54, 1.807) is 14.2 Å². The zero-order chi connectivity index (χ0) is 16.8. The molecule has 0 aliphatic carbocycles. The zero-order valence-electron chi connectivity index (χ0n) is 14.3. The van der Waals surface area contributed by atoms with E-state index in [9.17, 15) is 0 Å². The van der Waals surface area contributed by atoms with E-state index in [2.05, 4.69) is 63.9 Å². The number of hydrogen-bond donors (Lipinski definition) is 0. The topological polar surface area (TPSA) is 34.1 Å². The first-order chi connectivity index (χ1) is 11.1. The molecule has 0 spiro atoms. The molecule has 4 nitrogen and oxygen atoms in total.